The third kappa shape index (κ3) is 4.45. The summed E-state index contributed by atoms with van der Waals surface area (Å²) in [5.74, 6) is 0.0530. The Kier molecular flexibility index (Phi) is 5.10. The van der Waals surface area contributed by atoms with Crippen molar-refractivity contribution >= 4 is 17.7 Å². The lowest BCUT2D eigenvalue weighted by Crippen LogP contribution is -2.09. The second kappa shape index (κ2) is 7.24. The van der Waals surface area contributed by atoms with Crippen molar-refractivity contribution < 1.29 is 13.9 Å². The van der Waals surface area contributed by atoms with Crippen LogP contribution in [0.25, 0.3) is 6.08 Å². The fourth-order valence-electron chi connectivity index (χ4n) is 1.77. The van der Waals surface area contributed by atoms with Gasteiger partial charge in [-0.05, 0) is 42.8 Å². The van der Waals surface area contributed by atoms with Gasteiger partial charge in [-0.25, -0.2) is 4.39 Å². The normalized spacial score (nSPS) is 10.6. The first kappa shape index (κ1) is 14.8. The number of ether oxygens (including phenoxy) is 1. The standard InChI is InChI=1S/C17H16FNO2/c1-2-21-16-6-4-3-5-15(16)19-17(20)12-9-13-7-10-14(18)11-8-13/h3-12H,2H2,1H3,(H,19,20)/b12-9+. The molecule has 0 aromatic heterocycles. The minimum atomic E-state index is -0.303. The lowest BCUT2D eigenvalue weighted by Gasteiger charge is -2.09. The first-order chi connectivity index (χ1) is 10.2. The summed E-state index contributed by atoms with van der Waals surface area (Å²) in [5, 5.41) is 2.75. The molecule has 0 spiro atoms. The van der Waals surface area contributed by atoms with E-state index in [0.717, 1.165) is 5.56 Å². The molecule has 3 nitrogen and oxygen atoms in total. The summed E-state index contributed by atoms with van der Waals surface area (Å²) in [6.07, 6.45) is 3.02. The van der Waals surface area contributed by atoms with Gasteiger partial charge >= 0.3 is 0 Å². The van der Waals surface area contributed by atoms with Crippen LogP contribution in [-0.2, 0) is 4.79 Å². The van der Waals surface area contributed by atoms with Crippen molar-refractivity contribution in [3.8, 4) is 5.75 Å². The monoisotopic (exact) mass is 285 g/mol. The number of carbonyl (C=O) groups is 1. The average Bonchev–Trinajstić information content (AvgIpc) is 2.49. The van der Waals surface area contributed by atoms with Crippen molar-refractivity contribution in [3.05, 3.63) is 66.0 Å². The Hall–Kier alpha value is -2.62. The maximum atomic E-state index is 12.8. The van der Waals surface area contributed by atoms with Crippen LogP contribution in [0.5, 0.6) is 5.75 Å². The number of anilines is 1. The molecule has 2 aromatic rings. The summed E-state index contributed by atoms with van der Waals surface area (Å²) in [6.45, 7) is 2.41. The maximum absolute atomic E-state index is 12.8. The van der Waals surface area contributed by atoms with Crippen molar-refractivity contribution in [2.24, 2.45) is 0 Å². The third-order valence-corrected chi connectivity index (χ3v) is 2.74. The molecule has 1 N–H and O–H groups in total. The van der Waals surface area contributed by atoms with Crippen LogP contribution in [0.3, 0.4) is 0 Å². The molecule has 0 aliphatic rings. The van der Waals surface area contributed by atoms with Gasteiger partial charge in [-0.15, -0.1) is 0 Å². The van der Waals surface area contributed by atoms with Gasteiger partial charge in [0, 0.05) is 6.08 Å². The molecule has 0 bridgehead atoms. The molecule has 0 saturated carbocycles. The average molecular weight is 285 g/mol. The number of rotatable bonds is 5. The molecule has 0 saturated heterocycles. The highest BCUT2D eigenvalue weighted by Gasteiger charge is 2.04. The van der Waals surface area contributed by atoms with E-state index in [4.69, 9.17) is 4.74 Å². The zero-order valence-corrected chi connectivity index (χ0v) is 11.7. The second-order valence-electron chi connectivity index (χ2n) is 4.30. The number of hydrogen-bond donors (Lipinski definition) is 1. The quantitative estimate of drug-likeness (QED) is 0.847. The van der Waals surface area contributed by atoms with Gasteiger partial charge in [0.05, 0.1) is 12.3 Å². The second-order valence-corrected chi connectivity index (χ2v) is 4.30. The van der Waals surface area contributed by atoms with Crippen LogP contribution in [0, 0.1) is 5.82 Å². The Morgan fingerprint density at radius 2 is 1.90 bits per heavy atom. The smallest absolute Gasteiger partial charge is 0.248 e. The molecule has 4 heteroatoms. The van der Waals surface area contributed by atoms with E-state index in [2.05, 4.69) is 5.32 Å². The van der Waals surface area contributed by atoms with Crippen LogP contribution < -0.4 is 10.1 Å². The van der Waals surface area contributed by atoms with Gasteiger partial charge in [-0.2, -0.15) is 0 Å². The zero-order chi connectivity index (χ0) is 15.1. The summed E-state index contributed by atoms with van der Waals surface area (Å²) in [4.78, 5) is 11.9. The third-order valence-electron chi connectivity index (χ3n) is 2.74. The van der Waals surface area contributed by atoms with Gasteiger partial charge in [-0.1, -0.05) is 24.3 Å². The summed E-state index contributed by atoms with van der Waals surface area (Å²) in [7, 11) is 0. The fraction of sp³-hybridized carbons (Fsp3) is 0.118. The highest BCUT2D eigenvalue weighted by atomic mass is 19.1. The molecular weight excluding hydrogens is 269 g/mol. The number of hydrogen-bond acceptors (Lipinski definition) is 2. The van der Waals surface area contributed by atoms with Crippen LogP contribution in [0.15, 0.2) is 54.6 Å². The lowest BCUT2D eigenvalue weighted by atomic mass is 10.2. The van der Waals surface area contributed by atoms with E-state index in [-0.39, 0.29) is 11.7 Å². The Morgan fingerprint density at radius 1 is 1.19 bits per heavy atom. The highest BCUT2D eigenvalue weighted by Crippen LogP contribution is 2.23. The van der Waals surface area contributed by atoms with Gasteiger partial charge in [0.15, 0.2) is 0 Å². The number of para-hydroxylation sites is 2. The lowest BCUT2D eigenvalue weighted by molar-refractivity contribution is -0.111. The molecule has 0 heterocycles. The molecule has 0 atom stereocenters. The molecular formula is C17H16FNO2. The van der Waals surface area contributed by atoms with Crippen molar-refractivity contribution in [3.63, 3.8) is 0 Å². The van der Waals surface area contributed by atoms with Crippen LogP contribution in [-0.4, -0.2) is 12.5 Å². The van der Waals surface area contributed by atoms with Gasteiger partial charge in [0.1, 0.15) is 11.6 Å². The largest absolute Gasteiger partial charge is 0.492 e. The molecule has 2 aromatic carbocycles. The molecule has 0 radical (unpaired) electrons. The van der Waals surface area contributed by atoms with Gasteiger partial charge in [0.2, 0.25) is 5.91 Å². The summed E-state index contributed by atoms with van der Waals surface area (Å²) in [5.41, 5.74) is 1.37. The molecule has 0 fully saturated rings. The molecule has 2 rings (SSSR count). The van der Waals surface area contributed by atoms with E-state index >= 15 is 0 Å². The summed E-state index contributed by atoms with van der Waals surface area (Å²) < 4.78 is 18.2. The number of amides is 1. The highest BCUT2D eigenvalue weighted by molar-refractivity contribution is 6.02. The van der Waals surface area contributed by atoms with E-state index in [9.17, 15) is 9.18 Å². The number of carbonyl (C=O) groups excluding carboxylic acids is 1. The van der Waals surface area contributed by atoms with Gasteiger partial charge in [-0.3, -0.25) is 4.79 Å². The Morgan fingerprint density at radius 3 is 2.62 bits per heavy atom. The summed E-state index contributed by atoms with van der Waals surface area (Å²) in [6, 6.07) is 13.1. The molecule has 108 valence electrons. The Balaban J connectivity index is 2.03. The van der Waals surface area contributed by atoms with Crippen molar-refractivity contribution in [2.75, 3.05) is 11.9 Å². The van der Waals surface area contributed by atoms with E-state index in [1.165, 1.54) is 18.2 Å². The first-order valence-corrected chi connectivity index (χ1v) is 6.65. The van der Waals surface area contributed by atoms with E-state index in [1.54, 1.807) is 30.3 Å². The predicted octanol–water partition coefficient (Wildman–Crippen LogP) is 3.88. The minimum Gasteiger partial charge on any atom is -0.492 e. The SMILES string of the molecule is CCOc1ccccc1NC(=O)/C=C/c1ccc(F)cc1. The topological polar surface area (TPSA) is 38.3 Å². The molecule has 0 aliphatic carbocycles. The fourth-order valence-corrected chi connectivity index (χ4v) is 1.77. The van der Waals surface area contributed by atoms with Crippen LogP contribution in [0.1, 0.15) is 12.5 Å². The van der Waals surface area contributed by atoms with Crippen molar-refractivity contribution in [1.82, 2.24) is 0 Å². The van der Waals surface area contributed by atoms with Crippen LogP contribution in [0.2, 0.25) is 0 Å². The number of benzene rings is 2. The predicted molar refractivity (Wildman–Crippen MR) is 81.7 cm³/mol. The minimum absolute atomic E-state index is 0.272. The molecule has 0 unspecified atom stereocenters. The molecule has 0 aliphatic heterocycles. The van der Waals surface area contributed by atoms with Gasteiger partial charge in [0.25, 0.3) is 0 Å². The van der Waals surface area contributed by atoms with Crippen molar-refractivity contribution in [1.29, 1.82) is 0 Å². The van der Waals surface area contributed by atoms with E-state index in [1.807, 2.05) is 19.1 Å². The zero-order valence-electron chi connectivity index (χ0n) is 11.7. The molecule has 21 heavy (non-hydrogen) atoms. The van der Waals surface area contributed by atoms with Crippen molar-refractivity contribution in [2.45, 2.75) is 6.92 Å². The Bertz CT molecular complexity index is 635. The summed E-state index contributed by atoms with van der Waals surface area (Å²) >= 11 is 0. The van der Waals surface area contributed by atoms with Gasteiger partial charge < -0.3 is 10.1 Å². The number of halogens is 1. The molecule has 1 amide bonds. The number of nitrogens with one attached hydrogen (secondary N) is 1. The maximum Gasteiger partial charge on any atom is 0.248 e. The van der Waals surface area contributed by atoms with E-state index < -0.39 is 0 Å². The van der Waals surface area contributed by atoms with Crippen LogP contribution in [0.4, 0.5) is 10.1 Å². The first-order valence-electron chi connectivity index (χ1n) is 6.65. The Labute approximate surface area is 123 Å². The van der Waals surface area contributed by atoms with E-state index in [0.29, 0.717) is 18.0 Å². The van der Waals surface area contributed by atoms with Crippen LogP contribution >= 0.6 is 0 Å².